The van der Waals surface area contributed by atoms with Gasteiger partial charge in [0.1, 0.15) is 0 Å². The molecule has 1 aliphatic rings. The van der Waals surface area contributed by atoms with E-state index < -0.39 is 10.0 Å². The molecule has 0 unspecified atom stereocenters. The minimum Gasteiger partial charge on any atom is -0.339 e. The Morgan fingerprint density at radius 1 is 1.09 bits per heavy atom. The van der Waals surface area contributed by atoms with Crippen molar-refractivity contribution in [3.05, 3.63) is 59.7 Å². The molecule has 2 aromatic rings. The summed E-state index contributed by atoms with van der Waals surface area (Å²) >= 11 is 0. The lowest BCUT2D eigenvalue weighted by Crippen LogP contribution is -2.42. The Bertz CT molecular complexity index is 842. The van der Waals surface area contributed by atoms with Crippen LogP contribution in [0.2, 0.25) is 0 Å². The predicted molar refractivity (Wildman–Crippen MR) is 89.0 cm³/mol. The molecule has 23 heavy (non-hydrogen) atoms. The van der Waals surface area contributed by atoms with Crippen LogP contribution < -0.4 is 4.72 Å². The van der Waals surface area contributed by atoms with E-state index in [0.29, 0.717) is 11.3 Å². The summed E-state index contributed by atoms with van der Waals surface area (Å²) in [7, 11) is -3.72. The number of carbonyl (C=O) groups is 1. The zero-order valence-electron chi connectivity index (χ0n) is 12.8. The van der Waals surface area contributed by atoms with E-state index in [1.807, 2.05) is 13.0 Å². The number of nitrogens with one attached hydrogen (secondary N) is 1. The van der Waals surface area contributed by atoms with E-state index >= 15 is 0 Å². The molecular formula is C17H18N2O3S. The van der Waals surface area contributed by atoms with Crippen molar-refractivity contribution in [3.63, 3.8) is 0 Å². The summed E-state index contributed by atoms with van der Waals surface area (Å²) in [6.45, 7) is 3.36. The van der Waals surface area contributed by atoms with Crippen molar-refractivity contribution in [1.82, 2.24) is 4.90 Å². The fourth-order valence-corrected chi connectivity index (χ4v) is 3.52. The molecular weight excluding hydrogens is 312 g/mol. The molecule has 3 rings (SSSR count). The van der Waals surface area contributed by atoms with E-state index in [4.69, 9.17) is 0 Å². The fraction of sp³-hybridized carbons (Fsp3) is 0.235. The fourth-order valence-electron chi connectivity index (χ4n) is 2.42. The van der Waals surface area contributed by atoms with Crippen molar-refractivity contribution in [2.45, 2.75) is 18.2 Å². The highest BCUT2D eigenvalue weighted by molar-refractivity contribution is 7.92. The van der Waals surface area contributed by atoms with Crippen LogP contribution in [0, 0.1) is 6.92 Å². The number of amides is 1. The van der Waals surface area contributed by atoms with Crippen molar-refractivity contribution in [3.8, 4) is 0 Å². The second kappa shape index (κ2) is 6.04. The minimum atomic E-state index is -3.72. The van der Waals surface area contributed by atoms with Gasteiger partial charge in [-0.1, -0.05) is 18.2 Å². The molecule has 0 spiro atoms. The van der Waals surface area contributed by atoms with Crippen LogP contribution in [0.25, 0.3) is 0 Å². The summed E-state index contributed by atoms with van der Waals surface area (Å²) in [6, 6.07) is 13.3. The van der Waals surface area contributed by atoms with Crippen LogP contribution in [0.3, 0.4) is 0 Å². The first-order chi connectivity index (χ1) is 11.0. The molecule has 1 amide bonds. The summed E-state index contributed by atoms with van der Waals surface area (Å²) in [5.74, 6) is -0.121. The van der Waals surface area contributed by atoms with E-state index in [2.05, 4.69) is 4.72 Å². The van der Waals surface area contributed by atoms with Crippen molar-refractivity contribution in [1.29, 1.82) is 0 Å². The van der Waals surface area contributed by atoms with Crippen LogP contribution in [0.4, 0.5) is 5.69 Å². The van der Waals surface area contributed by atoms with Gasteiger partial charge in [-0.3, -0.25) is 9.52 Å². The van der Waals surface area contributed by atoms with Gasteiger partial charge in [-0.15, -0.1) is 0 Å². The highest BCUT2D eigenvalue weighted by Crippen LogP contribution is 2.20. The Kier molecular flexibility index (Phi) is 4.09. The van der Waals surface area contributed by atoms with Gasteiger partial charge in [0.2, 0.25) is 0 Å². The Morgan fingerprint density at radius 2 is 1.83 bits per heavy atom. The Morgan fingerprint density at radius 3 is 2.48 bits per heavy atom. The number of aryl methyl sites for hydroxylation is 1. The molecule has 1 fully saturated rings. The molecule has 1 aliphatic heterocycles. The SMILES string of the molecule is Cc1cccc(NS(=O)(=O)c2cccc(C(=O)N3CCC3)c2)c1. The van der Waals surface area contributed by atoms with Crippen LogP contribution in [0.15, 0.2) is 53.4 Å². The zero-order chi connectivity index (χ0) is 16.4. The lowest BCUT2D eigenvalue weighted by Gasteiger charge is -2.31. The van der Waals surface area contributed by atoms with Gasteiger partial charge in [-0.2, -0.15) is 0 Å². The van der Waals surface area contributed by atoms with Crippen LogP contribution >= 0.6 is 0 Å². The molecule has 0 atom stereocenters. The van der Waals surface area contributed by atoms with Gasteiger partial charge in [-0.25, -0.2) is 8.42 Å². The van der Waals surface area contributed by atoms with Crippen molar-refractivity contribution in [2.75, 3.05) is 17.8 Å². The van der Waals surface area contributed by atoms with Crippen LogP contribution in [-0.2, 0) is 10.0 Å². The molecule has 6 heteroatoms. The monoisotopic (exact) mass is 330 g/mol. The van der Waals surface area contributed by atoms with Crippen molar-refractivity contribution < 1.29 is 13.2 Å². The topological polar surface area (TPSA) is 66.5 Å². The van der Waals surface area contributed by atoms with Crippen molar-refractivity contribution in [2.24, 2.45) is 0 Å². The molecule has 0 bridgehead atoms. The maximum atomic E-state index is 12.5. The summed E-state index contributed by atoms with van der Waals surface area (Å²) in [6.07, 6.45) is 0.999. The molecule has 2 aromatic carbocycles. The first kappa shape index (κ1) is 15.6. The second-order valence-corrected chi connectivity index (χ2v) is 7.33. The number of rotatable bonds is 4. The lowest BCUT2D eigenvalue weighted by molar-refractivity contribution is 0.0651. The number of carbonyl (C=O) groups excluding carboxylic acids is 1. The largest absolute Gasteiger partial charge is 0.339 e. The molecule has 0 aromatic heterocycles. The third-order valence-electron chi connectivity index (χ3n) is 3.80. The predicted octanol–water partition coefficient (Wildman–Crippen LogP) is 2.64. The average Bonchev–Trinajstić information content (AvgIpc) is 2.45. The normalized spacial score (nSPS) is 14.2. The summed E-state index contributed by atoms with van der Waals surface area (Å²) in [5.41, 5.74) is 1.87. The summed E-state index contributed by atoms with van der Waals surface area (Å²) in [4.78, 5) is 14.0. The van der Waals surface area contributed by atoms with Gasteiger partial charge in [0, 0.05) is 24.3 Å². The summed E-state index contributed by atoms with van der Waals surface area (Å²) < 4.78 is 27.6. The molecule has 0 aliphatic carbocycles. The van der Waals surface area contributed by atoms with E-state index in [9.17, 15) is 13.2 Å². The molecule has 120 valence electrons. The van der Waals surface area contributed by atoms with Gasteiger partial charge in [-0.05, 0) is 49.2 Å². The molecule has 5 nitrogen and oxygen atoms in total. The van der Waals surface area contributed by atoms with E-state index in [1.165, 1.54) is 12.1 Å². The van der Waals surface area contributed by atoms with Crippen LogP contribution in [0.1, 0.15) is 22.3 Å². The number of hydrogen-bond donors (Lipinski definition) is 1. The lowest BCUT2D eigenvalue weighted by atomic mass is 10.1. The van der Waals surface area contributed by atoms with Crippen LogP contribution in [-0.4, -0.2) is 32.3 Å². The number of nitrogens with zero attached hydrogens (tertiary/aromatic N) is 1. The summed E-state index contributed by atoms with van der Waals surface area (Å²) in [5, 5.41) is 0. The number of likely N-dealkylation sites (tertiary alicyclic amines) is 1. The van der Waals surface area contributed by atoms with E-state index in [-0.39, 0.29) is 10.8 Å². The Labute approximate surface area is 136 Å². The first-order valence-corrected chi connectivity index (χ1v) is 8.93. The maximum absolute atomic E-state index is 12.5. The van der Waals surface area contributed by atoms with E-state index in [0.717, 1.165) is 25.1 Å². The van der Waals surface area contributed by atoms with Gasteiger partial charge in [0.25, 0.3) is 15.9 Å². The molecule has 1 N–H and O–H groups in total. The third kappa shape index (κ3) is 3.37. The van der Waals surface area contributed by atoms with Gasteiger partial charge in [0.15, 0.2) is 0 Å². The highest BCUT2D eigenvalue weighted by Gasteiger charge is 2.23. The van der Waals surface area contributed by atoms with Gasteiger partial charge < -0.3 is 4.90 Å². The Balaban J connectivity index is 1.86. The average molecular weight is 330 g/mol. The standard InChI is InChI=1S/C17H18N2O3S/c1-13-5-2-7-15(11-13)18-23(21,22)16-8-3-6-14(12-16)17(20)19-9-4-10-19/h2-3,5-8,11-12,18H,4,9-10H2,1H3. The second-order valence-electron chi connectivity index (χ2n) is 5.65. The van der Waals surface area contributed by atoms with E-state index in [1.54, 1.807) is 35.2 Å². The number of sulfonamides is 1. The van der Waals surface area contributed by atoms with Gasteiger partial charge >= 0.3 is 0 Å². The number of anilines is 1. The molecule has 0 saturated carbocycles. The minimum absolute atomic E-state index is 0.0883. The van der Waals surface area contributed by atoms with Crippen LogP contribution in [0.5, 0.6) is 0 Å². The number of benzene rings is 2. The first-order valence-electron chi connectivity index (χ1n) is 7.44. The zero-order valence-corrected chi connectivity index (χ0v) is 13.6. The third-order valence-corrected chi connectivity index (χ3v) is 5.18. The van der Waals surface area contributed by atoms with Gasteiger partial charge in [0.05, 0.1) is 4.90 Å². The number of hydrogen-bond acceptors (Lipinski definition) is 3. The smallest absolute Gasteiger partial charge is 0.261 e. The highest BCUT2D eigenvalue weighted by atomic mass is 32.2. The quantitative estimate of drug-likeness (QED) is 0.937. The van der Waals surface area contributed by atoms with Crippen molar-refractivity contribution >= 4 is 21.6 Å². The maximum Gasteiger partial charge on any atom is 0.261 e. The molecule has 0 radical (unpaired) electrons. The Hall–Kier alpha value is -2.34. The molecule has 1 saturated heterocycles. The molecule has 1 heterocycles.